The first-order valence-corrected chi connectivity index (χ1v) is 15.0. The number of carboxylic acid groups (broad SMARTS) is 1. The van der Waals surface area contributed by atoms with Crippen LogP contribution in [0.4, 0.5) is 0 Å². The van der Waals surface area contributed by atoms with Gasteiger partial charge in [-0.2, -0.15) is 0 Å². The van der Waals surface area contributed by atoms with Crippen molar-refractivity contribution >= 4 is 22.3 Å². The minimum absolute atomic E-state index is 0. The van der Waals surface area contributed by atoms with Crippen LogP contribution in [0.15, 0.2) is 23.5 Å². The van der Waals surface area contributed by atoms with Crippen molar-refractivity contribution in [3.05, 3.63) is 23.5 Å². The summed E-state index contributed by atoms with van der Waals surface area (Å²) < 4.78 is 38.5. The van der Waals surface area contributed by atoms with Crippen LogP contribution in [-0.4, -0.2) is 47.4 Å². The topological polar surface area (TPSA) is 124 Å². The van der Waals surface area contributed by atoms with Crippen molar-refractivity contribution in [1.82, 2.24) is 4.90 Å². The standard InChI is InChI=1S/C28H43NO7S.Na/c1-18(25(31)32)29-16-12-19(24(29)30)7-9-21-20(17-36-37(33,34)35)8-10-23-27(21,4)15-11-22-26(2,3)13-6-14-28(22,23)5;/h12,17-18,21-23H,6-11,13-16H2,1-5H3,(H,31,32)(H,33,34,35);/q;+1/p-1/b20-17+;/t18-,21+,22+,23+,27-,28+;/m1./s1. The Kier molecular flexibility index (Phi) is 9.32. The van der Waals surface area contributed by atoms with Gasteiger partial charge in [0.05, 0.1) is 0 Å². The number of carbonyl (C=O) groups excluding carboxylic acids is 1. The van der Waals surface area contributed by atoms with Crippen LogP contribution in [0.25, 0.3) is 0 Å². The first-order valence-electron chi connectivity index (χ1n) is 13.7. The van der Waals surface area contributed by atoms with E-state index in [4.69, 9.17) is 0 Å². The summed E-state index contributed by atoms with van der Waals surface area (Å²) in [6.45, 7) is 11.4. The van der Waals surface area contributed by atoms with Crippen molar-refractivity contribution in [2.75, 3.05) is 6.54 Å². The number of carboxylic acids is 1. The van der Waals surface area contributed by atoms with Crippen LogP contribution in [0.2, 0.25) is 0 Å². The largest absolute Gasteiger partial charge is 1.00 e. The molecule has 0 radical (unpaired) electrons. The van der Waals surface area contributed by atoms with E-state index in [1.807, 2.05) is 6.08 Å². The molecule has 3 aliphatic carbocycles. The number of hydrogen-bond donors (Lipinski definition) is 1. The molecule has 1 N–H and O–H groups in total. The molecular formula is C28H42NNaO7S. The van der Waals surface area contributed by atoms with Crippen LogP contribution in [-0.2, 0) is 24.2 Å². The van der Waals surface area contributed by atoms with E-state index in [1.165, 1.54) is 31.1 Å². The van der Waals surface area contributed by atoms with Gasteiger partial charge in [0.2, 0.25) is 0 Å². The number of hydrogen-bond acceptors (Lipinski definition) is 6. The number of rotatable bonds is 7. The predicted molar refractivity (Wildman–Crippen MR) is 138 cm³/mol. The summed E-state index contributed by atoms with van der Waals surface area (Å²) in [5.41, 5.74) is 1.78. The maximum absolute atomic E-state index is 13.0. The molecule has 0 saturated heterocycles. The zero-order valence-electron chi connectivity index (χ0n) is 23.8. The van der Waals surface area contributed by atoms with Crippen molar-refractivity contribution in [2.24, 2.45) is 34.0 Å². The van der Waals surface area contributed by atoms with E-state index in [0.29, 0.717) is 36.7 Å². The fraction of sp³-hybridized carbons (Fsp3) is 0.786. The van der Waals surface area contributed by atoms with Crippen molar-refractivity contribution in [2.45, 2.75) is 98.4 Å². The van der Waals surface area contributed by atoms with Gasteiger partial charge in [0.25, 0.3) is 16.3 Å². The van der Waals surface area contributed by atoms with E-state index >= 15 is 0 Å². The molecule has 0 aromatic rings. The number of allylic oxidation sites excluding steroid dienone is 1. The summed E-state index contributed by atoms with van der Waals surface area (Å²) in [5, 5.41) is 9.35. The van der Waals surface area contributed by atoms with Gasteiger partial charge >= 0.3 is 35.5 Å². The maximum Gasteiger partial charge on any atom is 1.00 e. The Labute approximate surface area is 249 Å². The van der Waals surface area contributed by atoms with Crippen LogP contribution in [0.5, 0.6) is 0 Å². The van der Waals surface area contributed by atoms with Gasteiger partial charge < -0.3 is 18.7 Å². The molecule has 0 bridgehead atoms. The smallest absolute Gasteiger partial charge is 0.716 e. The van der Waals surface area contributed by atoms with Crippen LogP contribution in [0, 0.1) is 34.0 Å². The maximum atomic E-state index is 13.0. The van der Waals surface area contributed by atoms with Gasteiger partial charge in [-0.1, -0.05) is 40.2 Å². The third-order valence-corrected chi connectivity index (χ3v) is 11.1. The number of fused-ring (bicyclic) bond motifs is 3. The summed E-state index contributed by atoms with van der Waals surface area (Å²) in [6.07, 6.45) is 11.4. The molecule has 1 heterocycles. The Morgan fingerprint density at radius 3 is 2.50 bits per heavy atom. The molecule has 4 rings (SSSR count). The van der Waals surface area contributed by atoms with Gasteiger partial charge in [-0.3, -0.25) is 4.79 Å². The molecule has 1 amide bonds. The van der Waals surface area contributed by atoms with Gasteiger partial charge in [-0.05, 0) is 97.9 Å². The molecular weight excluding hydrogens is 517 g/mol. The molecule has 3 saturated carbocycles. The zero-order valence-corrected chi connectivity index (χ0v) is 26.6. The Hall–Kier alpha value is -0.870. The molecule has 0 aromatic heterocycles. The second-order valence-electron chi connectivity index (χ2n) is 13.0. The van der Waals surface area contributed by atoms with Gasteiger partial charge in [0.15, 0.2) is 0 Å². The average molecular weight is 560 g/mol. The molecule has 4 aliphatic rings. The van der Waals surface area contributed by atoms with E-state index in [9.17, 15) is 27.7 Å². The van der Waals surface area contributed by atoms with E-state index < -0.39 is 22.4 Å². The van der Waals surface area contributed by atoms with Crippen LogP contribution >= 0.6 is 0 Å². The van der Waals surface area contributed by atoms with E-state index in [0.717, 1.165) is 31.1 Å². The minimum Gasteiger partial charge on any atom is -0.716 e. The minimum atomic E-state index is -4.86. The summed E-state index contributed by atoms with van der Waals surface area (Å²) in [7, 11) is -4.86. The summed E-state index contributed by atoms with van der Waals surface area (Å²) in [4.78, 5) is 25.8. The normalized spacial score (nSPS) is 36.5. The SMILES string of the molecule is C[C@H](C(=O)O)N1CC=C(CC[C@H]2/C(=C/OS(=O)(=O)[O-])CC[C@H]3[C@]2(C)CC[C@H]2C(C)(C)CCC[C@]32C)C1=O.[Na+]. The quantitative estimate of drug-likeness (QED) is 0.219. The Morgan fingerprint density at radius 2 is 1.87 bits per heavy atom. The number of carbonyl (C=O) groups is 2. The van der Waals surface area contributed by atoms with E-state index in [-0.39, 0.29) is 64.2 Å². The average Bonchev–Trinajstić information content (AvgIpc) is 3.14. The zero-order chi connectivity index (χ0) is 27.4. The molecule has 3 fully saturated rings. The number of nitrogens with zero attached hydrogens (tertiary/aromatic N) is 1. The molecule has 0 spiro atoms. The molecule has 10 heteroatoms. The molecule has 8 nitrogen and oxygen atoms in total. The summed E-state index contributed by atoms with van der Waals surface area (Å²) in [5.74, 6) is -0.244. The Balaban J connectivity index is 0.00000400. The van der Waals surface area contributed by atoms with Crippen LogP contribution in [0.3, 0.4) is 0 Å². The van der Waals surface area contributed by atoms with Crippen molar-refractivity contribution in [3.8, 4) is 0 Å². The van der Waals surface area contributed by atoms with Gasteiger partial charge in [0.1, 0.15) is 12.3 Å². The monoisotopic (exact) mass is 559 g/mol. The van der Waals surface area contributed by atoms with Gasteiger partial charge in [-0.15, -0.1) is 0 Å². The third kappa shape index (κ3) is 5.78. The summed E-state index contributed by atoms with van der Waals surface area (Å²) >= 11 is 0. The third-order valence-electron chi connectivity index (χ3n) is 10.7. The number of amides is 1. The Bertz CT molecular complexity index is 1120. The fourth-order valence-corrected chi connectivity index (χ4v) is 9.23. The predicted octanol–water partition coefficient (Wildman–Crippen LogP) is 2.03. The Morgan fingerprint density at radius 1 is 1.18 bits per heavy atom. The van der Waals surface area contributed by atoms with Crippen LogP contribution < -0.4 is 29.6 Å². The fourth-order valence-electron chi connectivity index (χ4n) is 8.99. The second kappa shape index (κ2) is 11.2. The van der Waals surface area contributed by atoms with Crippen molar-refractivity contribution < 1.29 is 61.4 Å². The van der Waals surface area contributed by atoms with Crippen molar-refractivity contribution in [1.29, 1.82) is 0 Å². The van der Waals surface area contributed by atoms with E-state index in [2.05, 4.69) is 31.9 Å². The van der Waals surface area contributed by atoms with Gasteiger partial charge in [-0.25, -0.2) is 13.2 Å². The van der Waals surface area contributed by atoms with Gasteiger partial charge in [0, 0.05) is 12.1 Å². The summed E-state index contributed by atoms with van der Waals surface area (Å²) in [6, 6.07) is -0.895. The first-order chi connectivity index (χ1) is 17.1. The first kappa shape index (κ1) is 31.7. The number of aliphatic carboxylic acids is 1. The second-order valence-corrected chi connectivity index (χ2v) is 14.0. The molecule has 1 aliphatic heterocycles. The molecule has 0 unspecified atom stereocenters. The van der Waals surface area contributed by atoms with Crippen molar-refractivity contribution in [3.63, 3.8) is 0 Å². The van der Waals surface area contributed by atoms with Crippen LogP contribution in [0.1, 0.15) is 92.4 Å². The molecule has 208 valence electrons. The molecule has 38 heavy (non-hydrogen) atoms. The van der Waals surface area contributed by atoms with E-state index in [1.54, 1.807) is 0 Å². The molecule has 0 aromatic carbocycles. The molecule has 6 atom stereocenters.